The second-order valence-electron chi connectivity index (χ2n) is 8.12. The summed E-state index contributed by atoms with van der Waals surface area (Å²) < 4.78 is 0. The number of nitrogens with zero attached hydrogens (tertiary/aromatic N) is 1. The maximum absolute atomic E-state index is 13.1. The molecule has 0 unspecified atom stereocenters. The number of hydrogen-bond donors (Lipinski definition) is 1. The van der Waals surface area contributed by atoms with Gasteiger partial charge in [0.25, 0.3) is 0 Å². The lowest BCUT2D eigenvalue weighted by molar-refractivity contribution is -0.141. The molecule has 1 N–H and O–H groups in total. The largest absolute Gasteiger partial charge is 0.350 e. The lowest BCUT2D eigenvalue weighted by atomic mass is 10.1. The van der Waals surface area contributed by atoms with Gasteiger partial charge in [0.15, 0.2) is 0 Å². The van der Waals surface area contributed by atoms with Gasteiger partial charge >= 0.3 is 0 Å². The van der Waals surface area contributed by atoms with Crippen LogP contribution < -0.4 is 5.32 Å². The zero-order valence-corrected chi connectivity index (χ0v) is 18.8. The van der Waals surface area contributed by atoms with E-state index < -0.39 is 11.6 Å². The molecule has 29 heavy (non-hydrogen) atoms. The van der Waals surface area contributed by atoms with E-state index in [9.17, 15) is 9.59 Å². The average molecular weight is 435 g/mol. The average Bonchev–Trinajstić information content (AvgIpc) is 2.65. The van der Waals surface area contributed by atoms with Crippen LogP contribution in [0.5, 0.6) is 0 Å². The Labute approximate surface area is 183 Å². The number of rotatable bonds is 7. The molecular formula is C23H28Cl2N2O2. The second kappa shape index (κ2) is 10.1. The van der Waals surface area contributed by atoms with Crippen LogP contribution in [0.25, 0.3) is 0 Å². The molecule has 0 aliphatic heterocycles. The first-order valence-electron chi connectivity index (χ1n) is 9.67. The van der Waals surface area contributed by atoms with Crippen molar-refractivity contribution < 1.29 is 9.59 Å². The van der Waals surface area contributed by atoms with E-state index >= 15 is 0 Å². The van der Waals surface area contributed by atoms with E-state index in [1.807, 2.05) is 51.1 Å². The fourth-order valence-corrected chi connectivity index (χ4v) is 3.47. The third-order valence-electron chi connectivity index (χ3n) is 4.53. The van der Waals surface area contributed by atoms with Gasteiger partial charge in [-0.05, 0) is 51.8 Å². The SMILES string of the molecule is C[C@@H](C(=O)NC(C)(C)C)N(Cc1c(Cl)cccc1Cl)C(=O)CCc1ccccc1. The van der Waals surface area contributed by atoms with Crippen LogP contribution in [0.4, 0.5) is 0 Å². The van der Waals surface area contributed by atoms with Crippen LogP contribution in [-0.2, 0) is 22.6 Å². The molecule has 2 amide bonds. The lowest BCUT2D eigenvalue weighted by Crippen LogP contribution is -2.52. The summed E-state index contributed by atoms with van der Waals surface area (Å²) in [7, 11) is 0. The Kier molecular flexibility index (Phi) is 8.12. The van der Waals surface area contributed by atoms with Gasteiger partial charge in [-0.25, -0.2) is 0 Å². The van der Waals surface area contributed by atoms with E-state index in [0.29, 0.717) is 28.5 Å². The summed E-state index contributed by atoms with van der Waals surface area (Å²) in [5.74, 6) is -0.338. The zero-order valence-electron chi connectivity index (χ0n) is 17.3. The van der Waals surface area contributed by atoms with Gasteiger partial charge in [0, 0.05) is 34.1 Å². The number of carbonyl (C=O) groups excluding carboxylic acids is 2. The quantitative estimate of drug-likeness (QED) is 0.645. The molecule has 0 heterocycles. The molecule has 0 saturated carbocycles. The molecule has 6 heteroatoms. The van der Waals surface area contributed by atoms with Crippen LogP contribution in [-0.4, -0.2) is 28.3 Å². The van der Waals surface area contributed by atoms with E-state index in [4.69, 9.17) is 23.2 Å². The monoisotopic (exact) mass is 434 g/mol. The normalized spacial score (nSPS) is 12.3. The first-order valence-corrected chi connectivity index (χ1v) is 10.4. The van der Waals surface area contributed by atoms with Gasteiger partial charge in [-0.1, -0.05) is 59.6 Å². The summed E-state index contributed by atoms with van der Waals surface area (Å²) in [5, 5.41) is 3.89. The van der Waals surface area contributed by atoms with Gasteiger partial charge in [-0.3, -0.25) is 9.59 Å². The first kappa shape index (κ1) is 23.2. The highest BCUT2D eigenvalue weighted by atomic mass is 35.5. The van der Waals surface area contributed by atoms with Crippen LogP contribution in [0.3, 0.4) is 0 Å². The number of halogens is 2. The van der Waals surface area contributed by atoms with Gasteiger partial charge in [0.1, 0.15) is 6.04 Å². The number of benzene rings is 2. The fourth-order valence-electron chi connectivity index (χ4n) is 2.95. The Morgan fingerprint density at radius 2 is 1.59 bits per heavy atom. The molecule has 0 fully saturated rings. The van der Waals surface area contributed by atoms with E-state index in [0.717, 1.165) is 5.56 Å². The van der Waals surface area contributed by atoms with E-state index in [2.05, 4.69) is 5.32 Å². The molecule has 0 aliphatic carbocycles. The van der Waals surface area contributed by atoms with Gasteiger partial charge in [-0.15, -0.1) is 0 Å². The summed E-state index contributed by atoms with van der Waals surface area (Å²) in [5.41, 5.74) is 1.31. The predicted octanol–water partition coefficient (Wildman–Crippen LogP) is 5.26. The highest BCUT2D eigenvalue weighted by Crippen LogP contribution is 2.27. The zero-order chi connectivity index (χ0) is 21.6. The van der Waals surface area contributed by atoms with Crippen LogP contribution in [0, 0.1) is 0 Å². The topological polar surface area (TPSA) is 49.4 Å². The molecule has 0 aromatic heterocycles. The minimum Gasteiger partial charge on any atom is -0.350 e. The van der Waals surface area contributed by atoms with Crippen molar-refractivity contribution in [1.82, 2.24) is 10.2 Å². The molecule has 2 aromatic rings. The summed E-state index contributed by atoms with van der Waals surface area (Å²) in [4.78, 5) is 27.4. The van der Waals surface area contributed by atoms with Gasteiger partial charge in [0.05, 0.1) is 0 Å². The predicted molar refractivity (Wildman–Crippen MR) is 119 cm³/mol. The summed E-state index contributed by atoms with van der Waals surface area (Å²) >= 11 is 12.6. The number of aryl methyl sites for hydroxylation is 1. The first-order chi connectivity index (χ1) is 13.6. The molecule has 0 saturated heterocycles. The Morgan fingerprint density at radius 3 is 2.14 bits per heavy atom. The van der Waals surface area contributed by atoms with Crippen molar-refractivity contribution in [3.05, 3.63) is 69.7 Å². The highest BCUT2D eigenvalue weighted by molar-refractivity contribution is 6.36. The van der Waals surface area contributed by atoms with E-state index in [1.54, 1.807) is 30.0 Å². The highest BCUT2D eigenvalue weighted by Gasteiger charge is 2.29. The van der Waals surface area contributed by atoms with Crippen LogP contribution in [0.15, 0.2) is 48.5 Å². The Morgan fingerprint density at radius 1 is 1.00 bits per heavy atom. The number of amides is 2. The maximum atomic E-state index is 13.1. The molecule has 1 atom stereocenters. The standard InChI is InChI=1S/C23H28Cl2N2O2/c1-16(22(29)26-23(2,3)4)27(15-18-19(24)11-8-12-20(18)25)21(28)14-13-17-9-6-5-7-10-17/h5-12,16H,13-15H2,1-4H3,(H,26,29)/t16-/m0/s1. The molecule has 156 valence electrons. The number of hydrogen-bond acceptors (Lipinski definition) is 2. The third kappa shape index (κ3) is 7.06. The summed E-state index contributed by atoms with van der Waals surface area (Å²) in [6, 6.07) is 14.4. The van der Waals surface area contributed by atoms with E-state index in [-0.39, 0.29) is 18.4 Å². The molecule has 0 bridgehead atoms. The number of nitrogens with one attached hydrogen (secondary N) is 1. The van der Waals surface area contributed by atoms with Crippen LogP contribution >= 0.6 is 23.2 Å². The van der Waals surface area contributed by atoms with Gasteiger partial charge < -0.3 is 10.2 Å². The van der Waals surface area contributed by atoms with Crippen molar-refractivity contribution in [3.8, 4) is 0 Å². The lowest BCUT2D eigenvalue weighted by Gasteiger charge is -2.32. The molecule has 0 radical (unpaired) electrons. The van der Waals surface area contributed by atoms with Crippen molar-refractivity contribution in [1.29, 1.82) is 0 Å². The minimum atomic E-state index is -0.662. The summed E-state index contributed by atoms with van der Waals surface area (Å²) in [6.07, 6.45) is 0.888. The molecule has 4 nitrogen and oxygen atoms in total. The Balaban J connectivity index is 2.24. The smallest absolute Gasteiger partial charge is 0.242 e. The van der Waals surface area contributed by atoms with Gasteiger partial charge in [-0.2, -0.15) is 0 Å². The molecule has 2 rings (SSSR count). The van der Waals surface area contributed by atoms with Crippen molar-refractivity contribution in [2.24, 2.45) is 0 Å². The van der Waals surface area contributed by atoms with Crippen molar-refractivity contribution in [3.63, 3.8) is 0 Å². The Hall–Kier alpha value is -2.04. The van der Waals surface area contributed by atoms with Crippen LogP contribution in [0.1, 0.15) is 45.2 Å². The molecule has 0 spiro atoms. The fraction of sp³-hybridized carbons (Fsp3) is 0.391. The molecule has 2 aromatic carbocycles. The summed E-state index contributed by atoms with van der Waals surface area (Å²) in [6.45, 7) is 7.62. The minimum absolute atomic E-state index is 0.124. The molecule has 0 aliphatic rings. The third-order valence-corrected chi connectivity index (χ3v) is 5.23. The van der Waals surface area contributed by atoms with Crippen molar-refractivity contribution >= 4 is 35.0 Å². The van der Waals surface area contributed by atoms with Crippen LogP contribution in [0.2, 0.25) is 10.0 Å². The van der Waals surface area contributed by atoms with Gasteiger partial charge in [0.2, 0.25) is 11.8 Å². The Bertz CT molecular complexity index is 827. The van der Waals surface area contributed by atoms with Crippen molar-refractivity contribution in [2.75, 3.05) is 0 Å². The second-order valence-corrected chi connectivity index (χ2v) is 8.94. The van der Waals surface area contributed by atoms with E-state index in [1.165, 1.54) is 0 Å². The number of carbonyl (C=O) groups is 2. The molecular weight excluding hydrogens is 407 g/mol. The maximum Gasteiger partial charge on any atom is 0.242 e. The van der Waals surface area contributed by atoms with Crippen molar-refractivity contribution in [2.45, 2.75) is 58.7 Å².